The van der Waals surface area contributed by atoms with Crippen molar-refractivity contribution in [3.05, 3.63) is 151 Å². The summed E-state index contributed by atoms with van der Waals surface area (Å²) >= 11 is 0. The Kier molecular flexibility index (Phi) is 9.37. The zero-order valence-electron chi connectivity index (χ0n) is 28.5. The molecule has 2 heterocycles. The Balaban J connectivity index is 1.35. The van der Waals surface area contributed by atoms with E-state index in [0.717, 1.165) is 36.2 Å². The van der Waals surface area contributed by atoms with Crippen LogP contribution in [0.15, 0.2) is 140 Å². The second-order valence-corrected chi connectivity index (χ2v) is 22.5. The summed E-state index contributed by atoms with van der Waals surface area (Å²) in [6.07, 6.45) is 2.17. The Hall–Kier alpha value is -3.30. The molecule has 5 aromatic carbocycles. The smallest absolute Gasteiger partial charge is 0.322 e. The summed E-state index contributed by atoms with van der Waals surface area (Å²) < 4.78 is 24.0. The van der Waals surface area contributed by atoms with E-state index in [4.69, 9.17) is 13.5 Å². The molecule has 2 atom stereocenters. The highest BCUT2D eigenvalue weighted by Gasteiger charge is 2.59. The lowest BCUT2D eigenvalue weighted by Crippen LogP contribution is -2.44. The molecule has 48 heavy (non-hydrogen) atoms. The van der Waals surface area contributed by atoms with E-state index in [-0.39, 0.29) is 11.1 Å². The van der Waals surface area contributed by atoms with Crippen LogP contribution in [-0.2, 0) is 10.1 Å². The van der Waals surface area contributed by atoms with Gasteiger partial charge in [-0.15, -0.1) is 0 Å². The summed E-state index contributed by atoms with van der Waals surface area (Å²) in [7, 11) is -4.46. The van der Waals surface area contributed by atoms with Crippen LogP contribution in [0.5, 0.6) is 11.5 Å². The first kappa shape index (κ1) is 33.2. The average Bonchev–Trinajstić information content (AvgIpc) is 3.70. The van der Waals surface area contributed by atoms with Gasteiger partial charge < -0.3 is 8.95 Å². The van der Waals surface area contributed by atoms with Gasteiger partial charge in [-0.3, -0.25) is 4.52 Å². The maximum Gasteiger partial charge on any atom is 0.322 e. The van der Waals surface area contributed by atoms with Gasteiger partial charge in [0.15, 0.2) is 0 Å². The third-order valence-electron chi connectivity index (χ3n) is 10.1. The number of nitrogens with zero attached hydrogens (tertiary/aromatic N) is 1. The van der Waals surface area contributed by atoms with E-state index in [0.29, 0.717) is 0 Å². The summed E-state index contributed by atoms with van der Waals surface area (Å²) in [5, 5.41) is 3.78. The first-order valence-corrected chi connectivity index (χ1v) is 22.3. The summed E-state index contributed by atoms with van der Waals surface area (Å²) in [6, 6.07) is 49.9. The molecule has 2 aliphatic heterocycles. The van der Waals surface area contributed by atoms with Gasteiger partial charge in [0.1, 0.15) is 17.1 Å². The van der Waals surface area contributed by atoms with Crippen molar-refractivity contribution in [1.29, 1.82) is 0 Å². The van der Waals surface area contributed by atoms with Gasteiger partial charge >= 0.3 is 8.53 Å². The van der Waals surface area contributed by atoms with Crippen LogP contribution in [0, 0.1) is 0 Å². The van der Waals surface area contributed by atoms with E-state index >= 15 is 0 Å². The van der Waals surface area contributed by atoms with Crippen molar-refractivity contribution in [3.8, 4) is 11.5 Å². The molecule has 0 radical (unpaired) electrons. The van der Waals surface area contributed by atoms with Crippen molar-refractivity contribution in [3.63, 3.8) is 0 Å². The van der Waals surface area contributed by atoms with Gasteiger partial charge in [0.2, 0.25) is 8.32 Å². The SMILES string of the molecule is CC(C)(C)[Si](C)(C)Oc1ccc(OP2OC(c3ccccc3)(c3ccccc3)C3CCCN32)c(P(c2ccccc2)c2ccccc2)c1. The van der Waals surface area contributed by atoms with Crippen molar-refractivity contribution in [2.24, 2.45) is 0 Å². The highest BCUT2D eigenvalue weighted by atomic mass is 31.2. The van der Waals surface area contributed by atoms with Crippen molar-refractivity contribution in [1.82, 2.24) is 4.67 Å². The molecule has 2 unspecified atom stereocenters. The second kappa shape index (κ2) is 13.5. The molecule has 0 aromatic heterocycles. The zero-order valence-corrected chi connectivity index (χ0v) is 31.3. The third kappa shape index (κ3) is 6.28. The minimum atomic E-state index is -2.09. The Morgan fingerprint density at radius 2 is 1.27 bits per heavy atom. The number of benzene rings is 5. The fourth-order valence-electron chi connectivity index (χ4n) is 6.62. The van der Waals surface area contributed by atoms with Crippen molar-refractivity contribution >= 4 is 40.7 Å². The zero-order chi connectivity index (χ0) is 33.4. The molecular weight excluding hydrogens is 644 g/mol. The number of fused-ring (bicyclic) bond motifs is 1. The van der Waals surface area contributed by atoms with Gasteiger partial charge in [-0.2, -0.15) is 0 Å². The van der Waals surface area contributed by atoms with E-state index in [2.05, 4.69) is 178 Å². The first-order chi connectivity index (χ1) is 23.2. The molecule has 2 fully saturated rings. The van der Waals surface area contributed by atoms with Gasteiger partial charge in [-0.25, -0.2) is 4.67 Å². The van der Waals surface area contributed by atoms with Gasteiger partial charge in [0, 0.05) is 11.8 Å². The highest BCUT2D eigenvalue weighted by molar-refractivity contribution is 7.80. The van der Waals surface area contributed by atoms with Crippen molar-refractivity contribution in [2.75, 3.05) is 6.54 Å². The molecule has 2 aliphatic rings. The minimum absolute atomic E-state index is 0.0792. The fourth-order valence-corrected chi connectivity index (χ4v) is 12.1. The lowest BCUT2D eigenvalue weighted by molar-refractivity contribution is 0.108. The lowest BCUT2D eigenvalue weighted by atomic mass is 9.79. The molecule has 5 aromatic rings. The van der Waals surface area contributed by atoms with Gasteiger partial charge in [-0.05, 0) is 78.8 Å². The molecule has 246 valence electrons. The van der Waals surface area contributed by atoms with E-state index in [1.807, 2.05) is 0 Å². The third-order valence-corrected chi connectivity index (χ3v) is 18.6. The van der Waals surface area contributed by atoms with Crippen LogP contribution in [0.1, 0.15) is 44.7 Å². The molecule has 0 aliphatic carbocycles. The number of rotatable bonds is 9. The van der Waals surface area contributed by atoms with E-state index in [1.54, 1.807) is 0 Å². The largest absolute Gasteiger partial charge is 0.543 e. The summed E-state index contributed by atoms with van der Waals surface area (Å²) in [5.41, 5.74) is 1.74. The molecular formula is C41H45NO3P2Si. The van der Waals surface area contributed by atoms with Crippen molar-refractivity contribution in [2.45, 2.75) is 63.4 Å². The van der Waals surface area contributed by atoms with Crippen LogP contribution in [0.2, 0.25) is 18.1 Å². The standard InChI is InChI=1S/C41H45NO3P2Si/c1-40(2,3)48(4,5)44-34-28-29-37(38(31-34)46(35-23-14-8-15-24-35)36-25-16-9-17-26-36)43-47-42-30-18-27-39(42)41(45-47,32-19-10-6-11-20-32)33-21-12-7-13-22-33/h6-17,19-26,28-29,31,39H,18,27,30H2,1-5H3. The van der Waals surface area contributed by atoms with Gasteiger partial charge in [-0.1, -0.05) is 142 Å². The minimum Gasteiger partial charge on any atom is -0.543 e. The predicted octanol–water partition coefficient (Wildman–Crippen LogP) is 9.87. The summed E-state index contributed by atoms with van der Waals surface area (Å²) in [6.45, 7) is 12.4. The van der Waals surface area contributed by atoms with Crippen LogP contribution < -0.4 is 24.9 Å². The van der Waals surface area contributed by atoms with E-state index in [9.17, 15) is 0 Å². The van der Waals surface area contributed by atoms with Crippen molar-refractivity contribution < 1.29 is 13.5 Å². The average molecular weight is 690 g/mol. The van der Waals surface area contributed by atoms with Crippen LogP contribution in [0.4, 0.5) is 0 Å². The number of hydrogen-bond donors (Lipinski definition) is 0. The Labute approximate surface area is 289 Å². The first-order valence-electron chi connectivity index (χ1n) is 17.0. The molecule has 4 nitrogen and oxygen atoms in total. The molecule has 0 spiro atoms. The number of hydrogen-bond acceptors (Lipinski definition) is 4. The lowest BCUT2D eigenvalue weighted by Gasteiger charge is -2.37. The fraction of sp³-hybridized carbons (Fsp3) is 0.268. The molecule has 0 amide bonds. The Morgan fingerprint density at radius 3 is 1.79 bits per heavy atom. The maximum atomic E-state index is 7.35. The van der Waals surface area contributed by atoms with Gasteiger partial charge in [0.05, 0.1) is 6.04 Å². The van der Waals surface area contributed by atoms with Gasteiger partial charge in [0.25, 0.3) is 0 Å². The van der Waals surface area contributed by atoms with Crippen LogP contribution in [-0.4, -0.2) is 25.6 Å². The quantitative estimate of drug-likeness (QED) is 0.114. The van der Waals surface area contributed by atoms with Crippen LogP contribution >= 0.6 is 16.4 Å². The van der Waals surface area contributed by atoms with Crippen LogP contribution in [0.3, 0.4) is 0 Å². The van der Waals surface area contributed by atoms with Crippen LogP contribution in [0.25, 0.3) is 0 Å². The Morgan fingerprint density at radius 1 is 0.750 bits per heavy atom. The molecule has 7 heteroatoms. The highest BCUT2D eigenvalue weighted by Crippen LogP contribution is 2.65. The predicted molar refractivity (Wildman–Crippen MR) is 205 cm³/mol. The maximum absolute atomic E-state index is 7.35. The normalized spacial score (nSPS) is 19.3. The topological polar surface area (TPSA) is 30.9 Å². The summed E-state index contributed by atoms with van der Waals surface area (Å²) in [4.78, 5) is 0. The molecule has 0 N–H and O–H groups in total. The summed E-state index contributed by atoms with van der Waals surface area (Å²) in [5.74, 6) is 1.77. The van der Waals surface area contributed by atoms with E-state index in [1.165, 1.54) is 21.7 Å². The molecule has 7 rings (SSSR count). The Bertz CT molecular complexity index is 1740. The molecule has 2 saturated heterocycles. The van der Waals surface area contributed by atoms with E-state index < -0.39 is 30.4 Å². The second-order valence-electron chi connectivity index (χ2n) is 14.2. The monoisotopic (exact) mass is 689 g/mol. The molecule has 0 saturated carbocycles. The molecule has 0 bridgehead atoms.